The summed E-state index contributed by atoms with van der Waals surface area (Å²) >= 11 is 0. The van der Waals surface area contributed by atoms with Crippen LogP contribution < -0.4 is 10.1 Å². The van der Waals surface area contributed by atoms with E-state index in [0.29, 0.717) is 39.9 Å². The summed E-state index contributed by atoms with van der Waals surface area (Å²) in [5.74, 6) is -1.34. The van der Waals surface area contributed by atoms with Gasteiger partial charge in [-0.15, -0.1) is 0 Å². The maximum absolute atomic E-state index is 13.9. The van der Waals surface area contributed by atoms with Crippen LogP contribution in [0.3, 0.4) is 0 Å². The van der Waals surface area contributed by atoms with E-state index in [4.69, 9.17) is 9.94 Å². The number of nitrogens with one attached hydrogen (secondary N) is 1. The molecule has 4 rings (SSSR count). The molecule has 4 aromatic rings. The summed E-state index contributed by atoms with van der Waals surface area (Å²) in [5.41, 5.74) is 2.99. The molecule has 7 nitrogen and oxygen atoms in total. The number of aryl methyl sites for hydroxylation is 2. The predicted octanol–water partition coefficient (Wildman–Crippen LogP) is 5.73. The van der Waals surface area contributed by atoms with E-state index in [0.717, 1.165) is 12.4 Å². The Morgan fingerprint density at radius 2 is 1.91 bits per heavy atom. The van der Waals surface area contributed by atoms with Gasteiger partial charge in [-0.3, -0.25) is 4.98 Å². The molecule has 2 heterocycles. The molecule has 0 amide bonds. The topological polar surface area (TPSA) is 84.6 Å². The predicted molar refractivity (Wildman–Crippen MR) is 118 cm³/mol. The van der Waals surface area contributed by atoms with Gasteiger partial charge in [-0.25, -0.2) is 13.8 Å². The van der Waals surface area contributed by atoms with Crippen LogP contribution in [0.25, 0.3) is 11.0 Å². The lowest BCUT2D eigenvalue weighted by molar-refractivity contribution is 0.0169. The summed E-state index contributed by atoms with van der Waals surface area (Å²) in [7, 11) is 1.84. The molecular formula is C23H21F2N5O2. The zero-order chi connectivity index (χ0) is 22.9. The van der Waals surface area contributed by atoms with Gasteiger partial charge < -0.3 is 19.8 Å². The Labute approximate surface area is 183 Å². The summed E-state index contributed by atoms with van der Waals surface area (Å²) in [6.45, 7) is 2.55. The second-order valence-electron chi connectivity index (χ2n) is 7.45. The third kappa shape index (κ3) is 4.36. The van der Waals surface area contributed by atoms with Crippen molar-refractivity contribution in [3.8, 4) is 11.5 Å². The molecule has 2 N–H and O–H groups in total. The van der Waals surface area contributed by atoms with Crippen molar-refractivity contribution >= 4 is 28.9 Å². The minimum absolute atomic E-state index is 0.0279. The first-order chi connectivity index (χ1) is 15.2. The van der Waals surface area contributed by atoms with Crippen LogP contribution in [0.1, 0.15) is 23.7 Å². The lowest BCUT2D eigenvalue weighted by Crippen LogP contribution is -2.10. The third-order valence-electron chi connectivity index (χ3n) is 5.00. The number of halogens is 2. The van der Waals surface area contributed by atoms with Crippen LogP contribution in [0, 0.1) is 6.92 Å². The Hall–Kier alpha value is -4.01. The fourth-order valence-corrected chi connectivity index (χ4v) is 3.41. The van der Waals surface area contributed by atoms with Crippen molar-refractivity contribution in [3.05, 3.63) is 71.5 Å². The molecule has 9 heteroatoms. The fourth-order valence-electron chi connectivity index (χ4n) is 3.41. The number of hydrogen-bond donors (Lipinski definition) is 2. The average molecular weight is 437 g/mol. The first-order valence-corrected chi connectivity index (χ1v) is 9.78. The number of anilines is 2. The largest absolute Gasteiger partial charge is 0.457 e. The zero-order valence-electron chi connectivity index (χ0n) is 17.7. The Kier molecular flexibility index (Phi) is 5.48. The average Bonchev–Trinajstić information content (AvgIpc) is 3.04. The van der Waals surface area contributed by atoms with Gasteiger partial charge in [0.05, 0.1) is 22.9 Å². The number of alkyl halides is 2. The quantitative estimate of drug-likeness (QED) is 0.229. The number of hydrogen-bond acceptors (Lipinski definition) is 6. The molecule has 2 aromatic carbocycles. The summed E-state index contributed by atoms with van der Waals surface area (Å²) in [5, 5.41) is 14.7. The van der Waals surface area contributed by atoms with Crippen molar-refractivity contribution in [1.82, 2.24) is 14.5 Å². The first-order valence-electron chi connectivity index (χ1n) is 9.78. The summed E-state index contributed by atoms with van der Waals surface area (Å²) in [6.07, 6.45) is 2.75. The van der Waals surface area contributed by atoms with Gasteiger partial charge in [-0.2, -0.15) is 0 Å². The van der Waals surface area contributed by atoms with E-state index < -0.39 is 5.92 Å². The smallest absolute Gasteiger partial charge is 0.270 e. The number of nitrogens with zero attached hydrogens (tertiary/aromatic N) is 4. The molecule has 0 unspecified atom stereocenters. The van der Waals surface area contributed by atoms with Crippen LogP contribution in [0.2, 0.25) is 0 Å². The van der Waals surface area contributed by atoms with Crippen LogP contribution in [0.15, 0.2) is 59.9 Å². The van der Waals surface area contributed by atoms with Crippen molar-refractivity contribution in [1.29, 1.82) is 0 Å². The van der Waals surface area contributed by atoms with Gasteiger partial charge in [0.25, 0.3) is 5.92 Å². The first kappa shape index (κ1) is 21.2. The molecule has 0 bridgehead atoms. The summed E-state index contributed by atoms with van der Waals surface area (Å²) in [4.78, 5) is 8.63. The Balaban J connectivity index is 1.61. The van der Waals surface area contributed by atoms with Crippen LogP contribution in [0.4, 0.5) is 20.4 Å². The van der Waals surface area contributed by atoms with Crippen molar-refractivity contribution in [3.63, 3.8) is 0 Å². The van der Waals surface area contributed by atoms with E-state index in [1.165, 1.54) is 12.3 Å². The Morgan fingerprint density at radius 3 is 2.66 bits per heavy atom. The monoisotopic (exact) mass is 437 g/mol. The molecule has 0 radical (unpaired) electrons. The Morgan fingerprint density at radius 1 is 1.12 bits per heavy atom. The highest BCUT2D eigenvalue weighted by Gasteiger charge is 2.26. The Bertz CT molecular complexity index is 1310. The van der Waals surface area contributed by atoms with Gasteiger partial charge in [0.2, 0.25) is 5.95 Å². The highest BCUT2D eigenvalue weighted by atomic mass is 19.3. The molecule has 32 heavy (non-hydrogen) atoms. The summed E-state index contributed by atoms with van der Waals surface area (Å²) in [6, 6.07) is 13.6. The maximum Gasteiger partial charge on any atom is 0.270 e. The number of ether oxygens (including phenoxy) is 1. The number of fused-ring (bicyclic) bond motifs is 1. The number of aromatic nitrogens is 3. The van der Waals surface area contributed by atoms with Gasteiger partial charge in [0.15, 0.2) is 0 Å². The van der Waals surface area contributed by atoms with Gasteiger partial charge in [-0.1, -0.05) is 11.2 Å². The lowest BCUT2D eigenvalue weighted by Gasteiger charge is -2.16. The molecule has 0 saturated carbocycles. The van der Waals surface area contributed by atoms with E-state index in [9.17, 15) is 8.78 Å². The van der Waals surface area contributed by atoms with Crippen LogP contribution in [-0.2, 0) is 13.0 Å². The van der Waals surface area contributed by atoms with Crippen molar-refractivity contribution in [2.45, 2.75) is 19.8 Å². The van der Waals surface area contributed by atoms with Gasteiger partial charge >= 0.3 is 0 Å². The van der Waals surface area contributed by atoms with Crippen molar-refractivity contribution < 1.29 is 18.7 Å². The standard InChI is InChI=1S/C23H21F2N5O2/c1-14-4-5-15(11-19(14)23(2,24)25)28-22-29-20-12-17(6-7-21(20)30(22)3)32-18-8-9-26-16(10-18)13-27-31/h4-13,31H,1-3H3,(H,28,29)/b27-13-. The molecule has 0 spiro atoms. The van der Waals surface area contributed by atoms with Crippen LogP contribution in [0.5, 0.6) is 11.5 Å². The fraction of sp³-hybridized carbons (Fsp3) is 0.174. The van der Waals surface area contributed by atoms with E-state index in [1.807, 2.05) is 17.7 Å². The molecular weight excluding hydrogens is 416 g/mol. The third-order valence-corrected chi connectivity index (χ3v) is 5.00. The molecule has 0 aliphatic heterocycles. The van der Waals surface area contributed by atoms with E-state index in [1.54, 1.807) is 49.5 Å². The molecule has 0 aliphatic carbocycles. The second-order valence-corrected chi connectivity index (χ2v) is 7.45. The molecule has 0 saturated heterocycles. The number of pyridine rings is 1. The number of rotatable bonds is 6. The van der Waals surface area contributed by atoms with E-state index in [2.05, 4.69) is 20.4 Å². The highest BCUT2D eigenvalue weighted by Crippen LogP contribution is 2.33. The van der Waals surface area contributed by atoms with Crippen molar-refractivity contribution in [2.75, 3.05) is 5.32 Å². The minimum Gasteiger partial charge on any atom is -0.457 e. The van der Waals surface area contributed by atoms with Crippen LogP contribution in [-0.4, -0.2) is 26.0 Å². The van der Waals surface area contributed by atoms with Gasteiger partial charge in [0.1, 0.15) is 11.5 Å². The minimum atomic E-state index is -2.93. The molecule has 164 valence electrons. The highest BCUT2D eigenvalue weighted by molar-refractivity contribution is 5.81. The van der Waals surface area contributed by atoms with E-state index >= 15 is 0 Å². The normalized spacial score (nSPS) is 11.9. The van der Waals surface area contributed by atoms with Crippen molar-refractivity contribution in [2.24, 2.45) is 12.2 Å². The maximum atomic E-state index is 13.9. The molecule has 2 aromatic heterocycles. The number of benzene rings is 2. The molecule has 0 atom stereocenters. The van der Waals surface area contributed by atoms with Gasteiger partial charge in [0, 0.05) is 43.6 Å². The number of imidazole rings is 1. The SMILES string of the molecule is Cc1ccc(Nc2nc3cc(Oc4ccnc(/C=N\O)c4)ccc3n2C)cc1C(C)(F)F. The second kappa shape index (κ2) is 8.26. The van der Waals surface area contributed by atoms with E-state index in [-0.39, 0.29) is 5.56 Å². The van der Waals surface area contributed by atoms with Crippen LogP contribution >= 0.6 is 0 Å². The summed E-state index contributed by atoms with van der Waals surface area (Å²) < 4.78 is 35.5. The molecule has 0 aliphatic rings. The zero-order valence-corrected chi connectivity index (χ0v) is 17.7. The number of oxime groups is 1. The lowest BCUT2D eigenvalue weighted by atomic mass is 10.0. The van der Waals surface area contributed by atoms with Gasteiger partial charge in [-0.05, 0) is 42.8 Å². The molecule has 0 fully saturated rings.